The van der Waals surface area contributed by atoms with Crippen molar-refractivity contribution in [3.63, 3.8) is 0 Å². The molecule has 6 nitrogen and oxygen atoms in total. The Hall–Kier alpha value is -1.54. The minimum absolute atomic E-state index is 0.191. The van der Waals surface area contributed by atoms with E-state index in [2.05, 4.69) is 9.71 Å². The Labute approximate surface area is 125 Å². The van der Waals surface area contributed by atoms with Crippen molar-refractivity contribution in [1.29, 1.82) is 0 Å². The second-order valence-electron chi connectivity index (χ2n) is 3.96. The van der Waals surface area contributed by atoms with Gasteiger partial charge >= 0.3 is 0 Å². The molecule has 1 fully saturated rings. The van der Waals surface area contributed by atoms with E-state index in [0.29, 0.717) is 17.7 Å². The Balaban J connectivity index is 1.65. The largest absolute Gasteiger partial charge is 0.314 e. The standard InChI is InChI=1S/C12H13N3O3S2/c16-10-4-5-11(17)15(10)20-12(18)6-8-19-14-9-3-1-2-7-13-9/h1-3,7H,4-6,8H2,(H,13,14). The van der Waals surface area contributed by atoms with Crippen LogP contribution in [-0.4, -0.2) is 32.0 Å². The maximum atomic E-state index is 11.7. The zero-order chi connectivity index (χ0) is 14.4. The van der Waals surface area contributed by atoms with Crippen molar-refractivity contribution >= 4 is 46.6 Å². The van der Waals surface area contributed by atoms with Gasteiger partial charge in [0, 0.05) is 43.2 Å². The Morgan fingerprint density at radius 1 is 1.30 bits per heavy atom. The molecule has 0 atom stereocenters. The van der Waals surface area contributed by atoms with Crippen LogP contribution in [0.4, 0.5) is 5.82 Å². The Morgan fingerprint density at radius 2 is 2.05 bits per heavy atom. The lowest BCUT2D eigenvalue weighted by atomic mass is 10.4. The first-order valence-electron chi connectivity index (χ1n) is 6.02. The molecule has 8 heteroatoms. The molecule has 1 aliphatic rings. The van der Waals surface area contributed by atoms with Crippen molar-refractivity contribution in [2.24, 2.45) is 0 Å². The monoisotopic (exact) mass is 311 g/mol. The van der Waals surface area contributed by atoms with Gasteiger partial charge in [0.05, 0.1) is 0 Å². The van der Waals surface area contributed by atoms with E-state index >= 15 is 0 Å². The number of hydrogen-bond donors (Lipinski definition) is 1. The summed E-state index contributed by atoms with van der Waals surface area (Å²) in [6, 6.07) is 5.51. The summed E-state index contributed by atoms with van der Waals surface area (Å²) in [4.78, 5) is 38.4. The molecule has 1 aliphatic heterocycles. The molecule has 1 aromatic heterocycles. The van der Waals surface area contributed by atoms with Crippen LogP contribution in [-0.2, 0) is 14.4 Å². The number of anilines is 1. The summed E-state index contributed by atoms with van der Waals surface area (Å²) in [7, 11) is 0. The molecule has 106 valence electrons. The number of carbonyl (C=O) groups excluding carboxylic acids is 3. The fourth-order valence-corrected chi connectivity index (χ4v) is 3.06. The van der Waals surface area contributed by atoms with Crippen molar-refractivity contribution < 1.29 is 14.4 Å². The molecule has 0 aromatic carbocycles. The normalized spacial score (nSPS) is 14.7. The van der Waals surface area contributed by atoms with E-state index in [1.165, 1.54) is 11.9 Å². The highest BCUT2D eigenvalue weighted by atomic mass is 32.2. The first kappa shape index (κ1) is 14.9. The quantitative estimate of drug-likeness (QED) is 0.488. The fraction of sp³-hybridized carbons (Fsp3) is 0.333. The van der Waals surface area contributed by atoms with Gasteiger partial charge in [0.2, 0.25) is 16.9 Å². The number of hydrogen-bond acceptors (Lipinski definition) is 7. The fourth-order valence-electron chi connectivity index (χ4n) is 1.49. The maximum Gasteiger partial charge on any atom is 0.240 e. The molecule has 0 saturated carbocycles. The Kier molecular flexibility index (Phi) is 5.42. The number of nitrogens with zero attached hydrogens (tertiary/aromatic N) is 2. The van der Waals surface area contributed by atoms with Crippen LogP contribution in [0.25, 0.3) is 0 Å². The molecule has 2 rings (SSSR count). The van der Waals surface area contributed by atoms with Crippen LogP contribution in [0.5, 0.6) is 0 Å². The van der Waals surface area contributed by atoms with E-state index in [1.54, 1.807) is 6.20 Å². The lowest BCUT2D eigenvalue weighted by molar-refractivity contribution is -0.132. The molecule has 1 saturated heterocycles. The number of carbonyl (C=O) groups is 3. The zero-order valence-electron chi connectivity index (χ0n) is 10.6. The summed E-state index contributed by atoms with van der Waals surface area (Å²) in [6.07, 6.45) is 2.35. The van der Waals surface area contributed by atoms with E-state index in [9.17, 15) is 14.4 Å². The third-order valence-corrected chi connectivity index (χ3v) is 4.21. The lowest BCUT2D eigenvalue weighted by Gasteiger charge is -2.10. The smallest absolute Gasteiger partial charge is 0.240 e. The van der Waals surface area contributed by atoms with Gasteiger partial charge in [-0.15, -0.1) is 0 Å². The average Bonchev–Trinajstić information content (AvgIpc) is 2.77. The zero-order valence-corrected chi connectivity index (χ0v) is 12.2. The summed E-state index contributed by atoms with van der Waals surface area (Å²) in [5, 5.41) is -0.191. The van der Waals surface area contributed by atoms with Gasteiger partial charge in [-0.25, -0.2) is 9.29 Å². The van der Waals surface area contributed by atoms with Gasteiger partial charge in [0.25, 0.3) is 0 Å². The minimum atomic E-state index is -0.285. The highest BCUT2D eigenvalue weighted by Gasteiger charge is 2.31. The van der Waals surface area contributed by atoms with Gasteiger partial charge in [-0.1, -0.05) is 18.0 Å². The number of pyridine rings is 1. The van der Waals surface area contributed by atoms with Crippen LogP contribution < -0.4 is 4.72 Å². The van der Waals surface area contributed by atoms with Gasteiger partial charge < -0.3 is 4.72 Å². The molecule has 0 spiro atoms. The van der Waals surface area contributed by atoms with E-state index in [4.69, 9.17) is 0 Å². The molecule has 20 heavy (non-hydrogen) atoms. The van der Waals surface area contributed by atoms with E-state index < -0.39 is 0 Å². The lowest BCUT2D eigenvalue weighted by Crippen LogP contribution is -2.23. The molecule has 0 unspecified atom stereocenters. The number of amides is 2. The summed E-state index contributed by atoms with van der Waals surface area (Å²) in [6.45, 7) is 0. The minimum Gasteiger partial charge on any atom is -0.314 e. The number of aromatic nitrogens is 1. The second kappa shape index (κ2) is 7.30. The summed E-state index contributed by atoms with van der Waals surface area (Å²) in [5.41, 5.74) is 0. The van der Waals surface area contributed by atoms with Crippen molar-refractivity contribution in [2.45, 2.75) is 19.3 Å². The summed E-state index contributed by atoms with van der Waals surface area (Å²) in [5.74, 6) is 0.696. The second-order valence-corrected chi connectivity index (χ2v) is 5.86. The topological polar surface area (TPSA) is 79.4 Å². The predicted octanol–water partition coefficient (Wildman–Crippen LogP) is 1.86. The van der Waals surface area contributed by atoms with Crippen molar-refractivity contribution in [1.82, 2.24) is 9.29 Å². The Bertz CT molecular complexity index is 494. The van der Waals surface area contributed by atoms with E-state index in [-0.39, 0.29) is 36.2 Å². The van der Waals surface area contributed by atoms with Crippen molar-refractivity contribution in [2.75, 3.05) is 10.5 Å². The van der Waals surface area contributed by atoms with Crippen LogP contribution in [0.2, 0.25) is 0 Å². The summed E-state index contributed by atoms with van der Waals surface area (Å²) < 4.78 is 3.98. The molecule has 0 aliphatic carbocycles. The molecule has 2 amide bonds. The van der Waals surface area contributed by atoms with Gasteiger partial charge in [-0.3, -0.25) is 14.4 Å². The number of nitrogens with one attached hydrogen (secondary N) is 1. The van der Waals surface area contributed by atoms with Gasteiger partial charge in [-0.05, 0) is 12.1 Å². The number of imide groups is 1. The van der Waals surface area contributed by atoms with E-state index in [1.807, 2.05) is 18.2 Å². The third kappa shape index (κ3) is 4.24. The van der Waals surface area contributed by atoms with Crippen molar-refractivity contribution in [3.05, 3.63) is 24.4 Å². The molecule has 1 aromatic rings. The molecular formula is C12H13N3O3S2. The highest BCUT2D eigenvalue weighted by Crippen LogP contribution is 2.23. The first-order valence-corrected chi connectivity index (χ1v) is 7.78. The van der Waals surface area contributed by atoms with Crippen LogP contribution in [0.15, 0.2) is 24.4 Å². The van der Waals surface area contributed by atoms with Crippen LogP contribution in [0.1, 0.15) is 19.3 Å². The SMILES string of the molecule is O=C(CCSNc1ccccn1)SN1C(=O)CCC1=O. The first-order chi connectivity index (χ1) is 9.66. The predicted molar refractivity (Wildman–Crippen MR) is 78.6 cm³/mol. The van der Waals surface area contributed by atoms with Crippen LogP contribution in [0, 0.1) is 0 Å². The molecule has 2 heterocycles. The van der Waals surface area contributed by atoms with Gasteiger partial charge in [-0.2, -0.15) is 0 Å². The molecular weight excluding hydrogens is 298 g/mol. The molecule has 0 bridgehead atoms. The van der Waals surface area contributed by atoms with Crippen LogP contribution >= 0.6 is 23.9 Å². The molecule has 1 N–H and O–H groups in total. The van der Waals surface area contributed by atoms with E-state index in [0.717, 1.165) is 10.1 Å². The van der Waals surface area contributed by atoms with Gasteiger partial charge in [0.1, 0.15) is 5.82 Å². The third-order valence-electron chi connectivity index (χ3n) is 2.45. The number of rotatable bonds is 6. The van der Waals surface area contributed by atoms with Crippen LogP contribution in [0.3, 0.4) is 0 Å². The Morgan fingerprint density at radius 3 is 2.70 bits per heavy atom. The van der Waals surface area contributed by atoms with Crippen molar-refractivity contribution in [3.8, 4) is 0 Å². The summed E-state index contributed by atoms with van der Waals surface area (Å²) >= 11 is 2.07. The maximum absolute atomic E-state index is 11.7. The average molecular weight is 311 g/mol. The molecule has 0 radical (unpaired) electrons. The van der Waals surface area contributed by atoms with Gasteiger partial charge in [0.15, 0.2) is 0 Å². The highest BCUT2D eigenvalue weighted by molar-refractivity contribution is 8.12.